The van der Waals surface area contributed by atoms with Crippen LogP contribution in [0.15, 0.2) is 42.5 Å². The topological polar surface area (TPSA) is 37.4 Å². The van der Waals surface area contributed by atoms with Crippen LogP contribution in [0.25, 0.3) is 0 Å². The van der Waals surface area contributed by atoms with Crippen LogP contribution in [0.3, 0.4) is 0 Å². The lowest BCUT2D eigenvalue weighted by Gasteiger charge is -2.20. The molecule has 0 spiro atoms. The Labute approximate surface area is 148 Å². The zero-order chi connectivity index (χ0) is 17.8. The van der Waals surface area contributed by atoms with Crippen molar-refractivity contribution >= 4 is 9.84 Å². The zero-order valence-corrected chi connectivity index (χ0v) is 15.3. The first kappa shape index (κ1) is 16.7. The Bertz CT molecular complexity index is 923. The van der Waals surface area contributed by atoms with Gasteiger partial charge in [0.25, 0.3) is 0 Å². The van der Waals surface area contributed by atoms with Gasteiger partial charge < -0.3 is 4.90 Å². The molecule has 2 aromatic rings. The molecule has 0 bridgehead atoms. The van der Waals surface area contributed by atoms with Crippen molar-refractivity contribution in [3.63, 3.8) is 0 Å². The van der Waals surface area contributed by atoms with Gasteiger partial charge in [0.15, 0.2) is 9.84 Å². The van der Waals surface area contributed by atoms with Crippen LogP contribution in [-0.4, -0.2) is 39.2 Å². The van der Waals surface area contributed by atoms with Crippen molar-refractivity contribution in [3.8, 4) is 0 Å². The average molecular weight is 359 g/mol. The third kappa shape index (κ3) is 2.70. The highest BCUT2D eigenvalue weighted by Crippen LogP contribution is 2.53. The second-order valence-electron chi connectivity index (χ2n) is 7.45. The van der Waals surface area contributed by atoms with Gasteiger partial charge in [-0.05, 0) is 61.3 Å². The Kier molecular flexibility index (Phi) is 3.96. The van der Waals surface area contributed by atoms with E-state index >= 15 is 0 Å². The van der Waals surface area contributed by atoms with Crippen molar-refractivity contribution in [1.82, 2.24) is 4.90 Å². The van der Waals surface area contributed by atoms with Gasteiger partial charge in [0.05, 0.1) is 10.5 Å². The molecule has 2 aromatic carbocycles. The number of benzene rings is 2. The first-order valence-corrected chi connectivity index (χ1v) is 10.2. The van der Waals surface area contributed by atoms with E-state index < -0.39 is 20.3 Å². The van der Waals surface area contributed by atoms with Crippen LogP contribution in [0.4, 0.5) is 4.39 Å². The molecule has 3 nitrogen and oxygen atoms in total. The molecule has 0 saturated carbocycles. The van der Waals surface area contributed by atoms with Crippen LogP contribution < -0.4 is 0 Å². The SMILES string of the molecule is CN(C)C[C@H]1C[C@@H]2c3ccccc3Cc3ccc(F)cc3[C@H]2S1(=O)=O. The summed E-state index contributed by atoms with van der Waals surface area (Å²) >= 11 is 0. The summed E-state index contributed by atoms with van der Waals surface area (Å²) < 4.78 is 40.7. The Morgan fingerprint density at radius 2 is 1.80 bits per heavy atom. The fourth-order valence-electron chi connectivity index (χ4n) is 4.50. The number of sulfone groups is 1. The van der Waals surface area contributed by atoms with Crippen LogP contribution in [0.1, 0.15) is 39.8 Å². The van der Waals surface area contributed by atoms with Crippen LogP contribution in [0.5, 0.6) is 0 Å². The summed E-state index contributed by atoms with van der Waals surface area (Å²) in [5.41, 5.74) is 3.84. The zero-order valence-electron chi connectivity index (χ0n) is 14.4. The van der Waals surface area contributed by atoms with Gasteiger partial charge >= 0.3 is 0 Å². The molecule has 132 valence electrons. The fourth-order valence-corrected chi connectivity index (χ4v) is 7.19. The van der Waals surface area contributed by atoms with Gasteiger partial charge in [0.1, 0.15) is 5.82 Å². The van der Waals surface area contributed by atoms with Crippen molar-refractivity contribution < 1.29 is 12.8 Å². The molecular weight excluding hydrogens is 337 g/mol. The lowest BCUT2D eigenvalue weighted by atomic mass is 9.87. The summed E-state index contributed by atoms with van der Waals surface area (Å²) in [7, 11) is 0.401. The third-order valence-electron chi connectivity index (χ3n) is 5.52. The predicted molar refractivity (Wildman–Crippen MR) is 97.0 cm³/mol. The van der Waals surface area contributed by atoms with Crippen LogP contribution in [0, 0.1) is 5.82 Å². The molecule has 5 heteroatoms. The molecule has 2 aliphatic rings. The molecule has 1 heterocycles. The average Bonchev–Trinajstić information content (AvgIpc) is 2.71. The molecule has 3 atom stereocenters. The summed E-state index contributed by atoms with van der Waals surface area (Å²) in [5, 5.41) is -1.06. The van der Waals surface area contributed by atoms with Crippen molar-refractivity contribution in [3.05, 3.63) is 70.5 Å². The van der Waals surface area contributed by atoms with E-state index in [1.807, 2.05) is 37.2 Å². The van der Waals surface area contributed by atoms with Gasteiger partial charge in [-0.25, -0.2) is 12.8 Å². The van der Waals surface area contributed by atoms with E-state index in [2.05, 4.69) is 6.07 Å². The van der Waals surface area contributed by atoms with Crippen molar-refractivity contribution in [2.24, 2.45) is 0 Å². The van der Waals surface area contributed by atoms with E-state index in [9.17, 15) is 12.8 Å². The lowest BCUT2D eigenvalue weighted by molar-refractivity contribution is 0.394. The largest absolute Gasteiger partial charge is 0.308 e. The Hall–Kier alpha value is -1.72. The standard InChI is InChI=1S/C20H22FNO2S/c1-22(2)12-16-11-19-17-6-4-3-5-13(17)9-14-7-8-15(21)10-18(14)20(19)25(16,23)24/h3-8,10,16,19-20H,9,11-12H2,1-2H3/t16-,19-,20-/m1/s1. The van der Waals surface area contributed by atoms with E-state index in [4.69, 9.17) is 0 Å². The molecule has 0 amide bonds. The van der Waals surface area contributed by atoms with Crippen LogP contribution in [0.2, 0.25) is 0 Å². The third-order valence-corrected chi connectivity index (χ3v) is 8.08. The lowest BCUT2D eigenvalue weighted by Crippen LogP contribution is -2.30. The van der Waals surface area contributed by atoms with E-state index in [1.165, 1.54) is 12.1 Å². The molecule has 25 heavy (non-hydrogen) atoms. The summed E-state index contributed by atoms with van der Waals surface area (Å²) in [6.07, 6.45) is 1.25. The molecule has 1 aliphatic heterocycles. The minimum Gasteiger partial charge on any atom is -0.308 e. The Morgan fingerprint density at radius 3 is 2.56 bits per heavy atom. The van der Waals surface area contributed by atoms with Gasteiger partial charge in [-0.2, -0.15) is 0 Å². The van der Waals surface area contributed by atoms with Gasteiger partial charge in [0, 0.05) is 12.5 Å². The van der Waals surface area contributed by atoms with Gasteiger partial charge in [0.2, 0.25) is 0 Å². The maximum Gasteiger partial charge on any atom is 0.162 e. The maximum absolute atomic E-state index is 14.0. The molecule has 0 unspecified atom stereocenters. The van der Waals surface area contributed by atoms with Crippen molar-refractivity contribution in [2.45, 2.75) is 29.3 Å². The molecule has 1 saturated heterocycles. The molecule has 0 aromatic heterocycles. The maximum atomic E-state index is 14.0. The van der Waals surface area contributed by atoms with E-state index in [1.54, 1.807) is 6.07 Å². The number of hydrogen-bond donors (Lipinski definition) is 0. The molecule has 1 aliphatic carbocycles. The summed E-state index contributed by atoms with van der Waals surface area (Å²) in [6, 6.07) is 12.7. The monoisotopic (exact) mass is 359 g/mol. The Morgan fingerprint density at radius 1 is 1.08 bits per heavy atom. The molecular formula is C20H22FNO2S. The second-order valence-corrected chi connectivity index (χ2v) is 9.81. The fraction of sp³-hybridized carbons (Fsp3) is 0.400. The smallest absolute Gasteiger partial charge is 0.162 e. The summed E-state index contributed by atoms with van der Waals surface area (Å²) in [4.78, 5) is 1.92. The van der Waals surface area contributed by atoms with Gasteiger partial charge in [-0.3, -0.25) is 0 Å². The minimum absolute atomic E-state index is 0.103. The number of halogens is 1. The number of fused-ring (bicyclic) bond motifs is 5. The van der Waals surface area contributed by atoms with E-state index in [0.29, 0.717) is 24.9 Å². The Balaban J connectivity index is 1.94. The first-order chi connectivity index (χ1) is 11.9. The number of hydrogen-bond acceptors (Lipinski definition) is 3. The van der Waals surface area contributed by atoms with Crippen molar-refractivity contribution in [2.75, 3.05) is 20.6 Å². The highest BCUT2D eigenvalue weighted by molar-refractivity contribution is 7.92. The number of rotatable bonds is 2. The minimum atomic E-state index is -3.39. The van der Waals surface area contributed by atoms with Crippen LogP contribution in [-0.2, 0) is 16.3 Å². The van der Waals surface area contributed by atoms with Crippen LogP contribution >= 0.6 is 0 Å². The van der Waals surface area contributed by atoms with Gasteiger partial charge in [-0.15, -0.1) is 0 Å². The normalized spacial score (nSPS) is 26.6. The molecule has 4 rings (SSSR count). The van der Waals surface area contributed by atoms with Crippen molar-refractivity contribution in [1.29, 1.82) is 0 Å². The highest BCUT2D eigenvalue weighted by Gasteiger charge is 2.51. The second kappa shape index (κ2) is 5.92. The highest BCUT2D eigenvalue weighted by atomic mass is 32.2. The summed E-state index contributed by atoms with van der Waals surface area (Å²) in [6.45, 7) is 0.502. The van der Waals surface area contributed by atoms with E-state index in [0.717, 1.165) is 16.7 Å². The molecule has 1 fully saturated rings. The first-order valence-electron chi connectivity index (χ1n) is 8.61. The summed E-state index contributed by atoms with van der Waals surface area (Å²) in [5.74, 6) is -0.469. The number of nitrogens with zero attached hydrogens (tertiary/aromatic N) is 1. The van der Waals surface area contributed by atoms with Gasteiger partial charge in [-0.1, -0.05) is 30.3 Å². The molecule has 0 radical (unpaired) electrons. The quantitative estimate of drug-likeness (QED) is 0.826. The molecule has 0 N–H and O–H groups in total. The van der Waals surface area contributed by atoms with E-state index in [-0.39, 0.29) is 11.7 Å². The predicted octanol–water partition coefficient (Wildman–Crippen LogP) is 3.30.